The van der Waals surface area contributed by atoms with Gasteiger partial charge in [-0.25, -0.2) is 4.39 Å². The normalized spacial score (nSPS) is 20.2. The van der Waals surface area contributed by atoms with Crippen molar-refractivity contribution in [2.45, 2.75) is 39.2 Å². The average molecular weight is 358 g/mol. The molecule has 0 radical (unpaired) electrons. The van der Waals surface area contributed by atoms with Gasteiger partial charge in [0.2, 0.25) is 0 Å². The molecule has 1 N–H and O–H groups in total. The Labute approximate surface area is 133 Å². The Morgan fingerprint density at radius 3 is 2.62 bits per heavy atom. The number of rotatable bonds is 4. The van der Waals surface area contributed by atoms with Gasteiger partial charge in [0.25, 0.3) is 0 Å². The molecule has 0 bridgehead atoms. The fourth-order valence-corrected chi connectivity index (χ4v) is 3.47. The summed E-state index contributed by atoms with van der Waals surface area (Å²) in [6.07, 6.45) is 1.90. The van der Waals surface area contributed by atoms with Gasteiger partial charge in [-0.3, -0.25) is 9.69 Å². The first-order valence-corrected chi connectivity index (χ1v) is 8.11. The Morgan fingerprint density at radius 2 is 2.10 bits per heavy atom. The zero-order chi connectivity index (χ0) is 15.6. The zero-order valence-electron chi connectivity index (χ0n) is 12.4. The molecule has 0 aliphatic carbocycles. The summed E-state index contributed by atoms with van der Waals surface area (Å²) >= 11 is 3.37. The molecule has 0 aromatic heterocycles. The van der Waals surface area contributed by atoms with Crippen LogP contribution in [0.1, 0.15) is 44.7 Å². The molecule has 21 heavy (non-hydrogen) atoms. The minimum Gasteiger partial charge on any atom is -0.481 e. The molecule has 1 aliphatic rings. The van der Waals surface area contributed by atoms with E-state index < -0.39 is 11.4 Å². The van der Waals surface area contributed by atoms with E-state index >= 15 is 0 Å². The molecule has 1 unspecified atom stereocenters. The van der Waals surface area contributed by atoms with Crippen LogP contribution in [0.5, 0.6) is 0 Å². The minimum absolute atomic E-state index is 0.0499. The Hall–Kier alpha value is -0.940. The first-order valence-electron chi connectivity index (χ1n) is 7.32. The quantitative estimate of drug-likeness (QED) is 0.876. The third kappa shape index (κ3) is 3.29. The lowest BCUT2D eigenvalue weighted by atomic mass is 9.76. The van der Waals surface area contributed by atoms with E-state index in [1.165, 1.54) is 6.07 Å². The van der Waals surface area contributed by atoms with Crippen LogP contribution in [0, 0.1) is 11.2 Å². The van der Waals surface area contributed by atoms with Crippen LogP contribution in [-0.2, 0) is 4.79 Å². The van der Waals surface area contributed by atoms with Crippen molar-refractivity contribution in [1.29, 1.82) is 0 Å². The highest BCUT2D eigenvalue weighted by Crippen LogP contribution is 2.38. The number of piperidine rings is 1. The molecular weight excluding hydrogens is 337 g/mol. The predicted molar refractivity (Wildman–Crippen MR) is 83.7 cm³/mol. The standard InChI is InChI=1S/C16H21BrFNO2/c1-3-16(15(20)21)6-8-19(9-7-16)11(2)13-10-12(17)4-5-14(13)18/h4-5,10-11H,3,6-9H2,1-2H3,(H,20,21). The number of carbonyl (C=O) groups is 1. The maximum atomic E-state index is 14.0. The third-order valence-corrected chi connectivity index (χ3v) is 5.33. The van der Waals surface area contributed by atoms with Crippen LogP contribution < -0.4 is 0 Å². The van der Waals surface area contributed by atoms with Crippen LogP contribution in [0.25, 0.3) is 0 Å². The van der Waals surface area contributed by atoms with E-state index in [4.69, 9.17) is 0 Å². The number of likely N-dealkylation sites (tertiary alicyclic amines) is 1. The number of hydrogen-bond donors (Lipinski definition) is 1. The fraction of sp³-hybridized carbons (Fsp3) is 0.562. The van der Waals surface area contributed by atoms with Gasteiger partial charge in [0.15, 0.2) is 0 Å². The Kier molecular flexibility index (Phi) is 5.04. The molecule has 1 atom stereocenters. The summed E-state index contributed by atoms with van der Waals surface area (Å²) in [5.74, 6) is -0.915. The number of halogens is 2. The molecule has 116 valence electrons. The Morgan fingerprint density at radius 1 is 1.48 bits per heavy atom. The summed E-state index contributed by atoms with van der Waals surface area (Å²) in [5, 5.41) is 9.43. The number of carboxylic acids is 1. The summed E-state index contributed by atoms with van der Waals surface area (Å²) in [5.41, 5.74) is 0.0511. The van der Waals surface area contributed by atoms with Gasteiger partial charge in [-0.2, -0.15) is 0 Å². The third-order valence-electron chi connectivity index (χ3n) is 4.84. The Bertz CT molecular complexity index is 527. The second kappa shape index (κ2) is 6.44. The highest BCUT2D eigenvalue weighted by atomic mass is 79.9. The van der Waals surface area contributed by atoms with Gasteiger partial charge in [0.05, 0.1) is 5.41 Å². The van der Waals surface area contributed by atoms with Crippen molar-refractivity contribution < 1.29 is 14.3 Å². The lowest BCUT2D eigenvalue weighted by molar-refractivity contribution is -0.152. The lowest BCUT2D eigenvalue weighted by Crippen LogP contribution is -2.44. The van der Waals surface area contributed by atoms with Gasteiger partial charge in [-0.05, 0) is 57.5 Å². The van der Waals surface area contributed by atoms with Crippen LogP contribution in [0.3, 0.4) is 0 Å². The number of nitrogens with zero attached hydrogens (tertiary/aromatic N) is 1. The molecule has 0 amide bonds. The predicted octanol–water partition coefficient (Wildman–Crippen LogP) is 4.23. The van der Waals surface area contributed by atoms with Crippen molar-refractivity contribution in [3.05, 3.63) is 34.1 Å². The number of carboxylic acid groups (broad SMARTS) is 1. The van der Waals surface area contributed by atoms with Gasteiger partial charge in [0.1, 0.15) is 5.82 Å². The van der Waals surface area contributed by atoms with Gasteiger partial charge >= 0.3 is 5.97 Å². The van der Waals surface area contributed by atoms with E-state index in [1.54, 1.807) is 12.1 Å². The molecule has 1 aromatic rings. The monoisotopic (exact) mass is 357 g/mol. The average Bonchev–Trinajstić information content (AvgIpc) is 2.49. The van der Waals surface area contributed by atoms with Gasteiger partial charge < -0.3 is 5.11 Å². The molecule has 0 saturated carbocycles. The van der Waals surface area contributed by atoms with Crippen molar-refractivity contribution in [1.82, 2.24) is 4.90 Å². The number of hydrogen-bond acceptors (Lipinski definition) is 2. The van der Waals surface area contributed by atoms with E-state index in [2.05, 4.69) is 20.8 Å². The Balaban J connectivity index is 2.11. The van der Waals surface area contributed by atoms with E-state index in [9.17, 15) is 14.3 Å². The van der Waals surface area contributed by atoms with Crippen LogP contribution >= 0.6 is 15.9 Å². The molecule has 1 fully saturated rings. The minimum atomic E-state index is -0.703. The van der Waals surface area contributed by atoms with E-state index in [-0.39, 0.29) is 11.9 Å². The zero-order valence-corrected chi connectivity index (χ0v) is 14.0. The molecular formula is C16H21BrFNO2. The van der Waals surface area contributed by atoms with E-state index in [0.717, 1.165) is 4.47 Å². The van der Waals surface area contributed by atoms with Crippen molar-refractivity contribution >= 4 is 21.9 Å². The second-order valence-corrected chi connectivity index (χ2v) is 6.73. The summed E-state index contributed by atoms with van der Waals surface area (Å²) in [7, 11) is 0. The summed E-state index contributed by atoms with van der Waals surface area (Å²) in [6, 6.07) is 4.91. The van der Waals surface area contributed by atoms with Crippen LogP contribution in [0.15, 0.2) is 22.7 Å². The second-order valence-electron chi connectivity index (χ2n) is 5.82. The van der Waals surface area contributed by atoms with Crippen molar-refractivity contribution in [2.75, 3.05) is 13.1 Å². The topological polar surface area (TPSA) is 40.5 Å². The highest BCUT2D eigenvalue weighted by molar-refractivity contribution is 9.10. The maximum absolute atomic E-state index is 14.0. The molecule has 1 heterocycles. The van der Waals surface area contributed by atoms with Crippen molar-refractivity contribution in [3.8, 4) is 0 Å². The molecule has 5 heteroatoms. The highest BCUT2D eigenvalue weighted by Gasteiger charge is 2.40. The largest absolute Gasteiger partial charge is 0.481 e. The van der Waals surface area contributed by atoms with Crippen LogP contribution in [-0.4, -0.2) is 29.1 Å². The summed E-state index contributed by atoms with van der Waals surface area (Å²) < 4.78 is 14.8. The summed E-state index contributed by atoms with van der Waals surface area (Å²) in [6.45, 7) is 5.28. The van der Waals surface area contributed by atoms with Crippen LogP contribution in [0.4, 0.5) is 4.39 Å². The molecule has 1 aliphatic heterocycles. The first kappa shape index (κ1) is 16.4. The summed E-state index contributed by atoms with van der Waals surface area (Å²) in [4.78, 5) is 13.6. The molecule has 0 spiro atoms. The molecule has 1 aromatic carbocycles. The van der Waals surface area contributed by atoms with Crippen molar-refractivity contribution in [3.63, 3.8) is 0 Å². The number of benzene rings is 1. The van der Waals surface area contributed by atoms with Crippen molar-refractivity contribution in [2.24, 2.45) is 5.41 Å². The van der Waals surface area contributed by atoms with E-state index in [0.29, 0.717) is 37.9 Å². The first-order chi connectivity index (χ1) is 9.89. The molecule has 2 rings (SSSR count). The molecule has 3 nitrogen and oxygen atoms in total. The number of aliphatic carboxylic acids is 1. The lowest BCUT2D eigenvalue weighted by Gasteiger charge is -2.41. The van der Waals surface area contributed by atoms with Gasteiger partial charge in [0, 0.05) is 16.1 Å². The van der Waals surface area contributed by atoms with Crippen LogP contribution in [0.2, 0.25) is 0 Å². The smallest absolute Gasteiger partial charge is 0.309 e. The van der Waals surface area contributed by atoms with Gasteiger partial charge in [-0.1, -0.05) is 22.9 Å². The SMILES string of the molecule is CCC1(C(=O)O)CCN(C(C)c2cc(Br)ccc2F)CC1. The van der Waals surface area contributed by atoms with Gasteiger partial charge in [-0.15, -0.1) is 0 Å². The maximum Gasteiger partial charge on any atom is 0.309 e. The fourth-order valence-electron chi connectivity index (χ4n) is 3.09. The van der Waals surface area contributed by atoms with E-state index in [1.807, 2.05) is 13.8 Å². The molecule has 1 saturated heterocycles.